The molecule has 2 heterocycles. The topological polar surface area (TPSA) is 123 Å². The first-order valence-corrected chi connectivity index (χ1v) is 9.37. The summed E-state index contributed by atoms with van der Waals surface area (Å²) in [7, 11) is 1.54. The van der Waals surface area contributed by atoms with Crippen LogP contribution in [0.4, 0.5) is 5.82 Å². The van der Waals surface area contributed by atoms with Crippen LogP contribution in [0.2, 0.25) is 0 Å². The van der Waals surface area contributed by atoms with Crippen molar-refractivity contribution in [2.45, 2.75) is 38.7 Å². The highest BCUT2D eigenvalue weighted by atomic mass is 16.5. The monoisotopic (exact) mass is 396 g/mol. The number of carbonyl (C=O) groups excluding carboxylic acids is 3. The van der Waals surface area contributed by atoms with Gasteiger partial charge in [-0.05, 0) is 19.8 Å². The molecule has 0 saturated carbocycles. The van der Waals surface area contributed by atoms with Gasteiger partial charge in [0, 0.05) is 39.2 Å². The third-order valence-corrected chi connectivity index (χ3v) is 4.24. The van der Waals surface area contributed by atoms with Crippen LogP contribution in [-0.2, 0) is 23.9 Å². The van der Waals surface area contributed by atoms with Gasteiger partial charge in [-0.3, -0.25) is 19.3 Å². The molecule has 0 bridgehead atoms. The number of rotatable bonds is 11. The minimum Gasteiger partial charge on any atom is -0.383 e. The quantitative estimate of drug-likeness (QED) is 0.511. The van der Waals surface area contributed by atoms with Crippen LogP contribution in [0, 0.1) is 6.92 Å². The van der Waals surface area contributed by atoms with Crippen molar-refractivity contribution in [2.75, 3.05) is 44.9 Å². The molecule has 1 aromatic heterocycles. The number of methoxy groups -OCH3 is 1. The number of aryl methyl sites for hydroxylation is 1. The normalized spacial score (nSPS) is 16.0. The standard InChI is InChI=1S/C18H28N4O6/c1-13-10-15(21-28-13)22(12-14-4-3-8-27-14)18(25)6-5-16(23)20-11-17(24)19-7-9-26-2/h10,14H,3-9,11-12H2,1-2H3,(H,19,24)(H,20,23)/t14-/m1/s1. The summed E-state index contributed by atoms with van der Waals surface area (Å²) < 4.78 is 15.5. The number of ether oxygens (including phenoxy) is 2. The van der Waals surface area contributed by atoms with Gasteiger partial charge in [-0.1, -0.05) is 5.16 Å². The minimum atomic E-state index is -0.372. The number of nitrogens with one attached hydrogen (secondary N) is 2. The molecule has 10 nitrogen and oxygen atoms in total. The molecule has 0 unspecified atom stereocenters. The van der Waals surface area contributed by atoms with Gasteiger partial charge in [0.05, 0.1) is 25.8 Å². The van der Waals surface area contributed by atoms with Gasteiger partial charge in [-0.25, -0.2) is 0 Å². The average Bonchev–Trinajstić information content (AvgIpc) is 3.34. The Morgan fingerprint density at radius 1 is 1.29 bits per heavy atom. The zero-order chi connectivity index (χ0) is 20.4. The molecule has 1 aromatic rings. The third-order valence-electron chi connectivity index (χ3n) is 4.24. The lowest BCUT2D eigenvalue weighted by molar-refractivity contribution is -0.127. The first-order valence-electron chi connectivity index (χ1n) is 9.37. The number of hydrogen-bond acceptors (Lipinski definition) is 7. The predicted molar refractivity (Wildman–Crippen MR) is 99.7 cm³/mol. The van der Waals surface area contributed by atoms with E-state index in [1.165, 1.54) is 12.0 Å². The van der Waals surface area contributed by atoms with Crippen LogP contribution in [0.5, 0.6) is 0 Å². The first-order chi connectivity index (χ1) is 13.5. The van der Waals surface area contributed by atoms with Gasteiger partial charge in [-0.2, -0.15) is 0 Å². The lowest BCUT2D eigenvalue weighted by Gasteiger charge is -2.22. The van der Waals surface area contributed by atoms with Crippen molar-refractivity contribution in [1.82, 2.24) is 15.8 Å². The number of amides is 3. The van der Waals surface area contributed by atoms with E-state index in [1.807, 2.05) is 0 Å². The lowest BCUT2D eigenvalue weighted by Crippen LogP contribution is -2.40. The molecule has 10 heteroatoms. The van der Waals surface area contributed by atoms with Crippen LogP contribution < -0.4 is 15.5 Å². The number of aromatic nitrogens is 1. The fourth-order valence-electron chi connectivity index (χ4n) is 2.77. The number of hydrogen-bond donors (Lipinski definition) is 2. The molecule has 28 heavy (non-hydrogen) atoms. The van der Waals surface area contributed by atoms with Crippen molar-refractivity contribution < 1.29 is 28.4 Å². The molecule has 1 aliphatic heterocycles. The van der Waals surface area contributed by atoms with Crippen molar-refractivity contribution >= 4 is 23.5 Å². The Bertz CT molecular complexity index is 656. The number of anilines is 1. The van der Waals surface area contributed by atoms with Gasteiger partial charge in [0.2, 0.25) is 17.7 Å². The van der Waals surface area contributed by atoms with Gasteiger partial charge >= 0.3 is 0 Å². The second-order valence-corrected chi connectivity index (χ2v) is 6.55. The maximum atomic E-state index is 12.7. The Morgan fingerprint density at radius 2 is 2.11 bits per heavy atom. The summed E-state index contributed by atoms with van der Waals surface area (Å²) in [5.41, 5.74) is 0. The second kappa shape index (κ2) is 11.4. The van der Waals surface area contributed by atoms with E-state index in [4.69, 9.17) is 14.0 Å². The third kappa shape index (κ3) is 7.28. The molecule has 0 spiro atoms. The SMILES string of the molecule is COCCNC(=O)CNC(=O)CCC(=O)N(C[C@H]1CCCO1)c1cc(C)on1. The second-order valence-electron chi connectivity index (χ2n) is 6.55. The molecular weight excluding hydrogens is 368 g/mol. The Labute approximate surface area is 163 Å². The lowest BCUT2D eigenvalue weighted by atomic mass is 10.2. The molecule has 1 aliphatic rings. The summed E-state index contributed by atoms with van der Waals surface area (Å²) in [6.45, 7) is 3.43. The molecule has 1 atom stereocenters. The van der Waals surface area contributed by atoms with E-state index in [0.717, 1.165) is 12.8 Å². The zero-order valence-corrected chi connectivity index (χ0v) is 16.4. The molecule has 0 radical (unpaired) electrons. The molecule has 1 fully saturated rings. The molecule has 1 saturated heterocycles. The first kappa shape index (κ1) is 21.8. The molecule has 2 N–H and O–H groups in total. The van der Waals surface area contributed by atoms with Crippen LogP contribution in [0.3, 0.4) is 0 Å². The van der Waals surface area contributed by atoms with E-state index in [0.29, 0.717) is 37.9 Å². The van der Waals surface area contributed by atoms with Gasteiger partial charge in [0.15, 0.2) is 5.82 Å². The maximum absolute atomic E-state index is 12.7. The van der Waals surface area contributed by atoms with Crippen LogP contribution in [0.1, 0.15) is 31.4 Å². The maximum Gasteiger partial charge on any atom is 0.239 e. The average molecular weight is 396 g/mol. The Hall–Kier alpha value is -2.46. The smallest absolute Gasteiger partial charge is 0.239 e. The molecule has 0 aliphatic carbocycles. The van der Waals surface area contributed by atoms with Crippen molar-refractivity contribution in [2.24, 2.45) is 0 Å². The van der Waals surface area contributed by atoms with E-state index in [1.54, 1.807) is 13.0 Å². The Morgan fingerprint density at radius 3 is 2.75 bits per heavy atom. The van der Waals surface area contributed by atoms with Crippen molar-refractivity contribution in [1.29, 1.82) is 0 Å². The molecular formula is C18H28N4O6. The van der Waals surface area contributed by atoms with Crippen LogP contribution in [0.15, 0.2) is 10.6 Å². The van der Waals surface area contributed by atoms with Crippen LogP contribution in [0.25, 0.3) is 0 Å². The molecule has 2 rings (SSSR count). The summed E-state index contributed by atoms with van der Waals surface area (Å²) in [6.07, 6.45) is 1.75. The largest absolute Gasteiger partial charge is 0.383 e. The van der Waals surface area contributed by atoms with Crippen molar-refractivity contribution in [3.05, 3.63) is 11.8 Å². The highest BCUT2D eigenvalue weighted by molar-refractivity contribution is 5.95. The summed E-state index contributed by atoms with van der Waals surface area (Å²) >= 11 is 0. The summed E-state index contributed by atoms with van der Waals surface area (Å²) in [5.74, 6) is 0.0789. The van der Waals surface area contributed by atoms with Gasteiger partial charge in [0.25, 0.3) is 0 Å². The van der Waals surface area contributed by atoms with E-state index >= 15 is 0 Å². The summed E-state index contributed by atoms with van der Waals surface area (Å²) in [5, 5.41) is 9.01. The van der Waals surface area contributed by atoms with Gasteiger partial charge in [-0.15, -0.1) is 0 Å². The number of carbonyl (C=O) groups is 3. The highest BCUT2D eigenvalue weighted by Crippen LogP contribution is 2.20. The van der Waals surface area contributed by atoms with Crippen molar-refractivity contribution in [3.8, 4) is 0 Å². The van der Waals surface area contributed by atoms with E-state index in [9.17, 15) is 14.4 Å². The predicted octanol–water partition coefficient (Wildman–Crippen LogP) is 0.154. The van der Waals surface area contributed by atoms with Gasteiger partial charge < -0.3 is 24.6 Å². The Kier molecular flexibility index (Phi) is 8.89. The molecule has 156 valence electrons. The van der Waals surface area contributed by atoms with Crippen LogP contribution in [-0.4, -0.2) is 68.9 Å². The molecule has 0 aromatic carbocycles. The van der Waals surface area contributed by atoms with E-state index < -0.39 is 0 Å². The summed E-state index contributed by atoms with van der Waals surface area (Å²) in [6, 6.07) is 1.68. The Balaban J connectivity index is 1.80. The highest BCUT2D eigenvalue weighted by Gasteiger charge is 2.26. The fraction of sp³-hybridized carbons (Fsp3) is 0.667. The minimum absolute atomic E-state index is 0.00421. The van der Waals surface area contributed by atoms with Crippen molar-refractivity contribution in [3.63, 3.8) is 0 Å². The van der Waals surface area contributed by atoms with E-state index in [-0.39, 0.29) is 43.2 Å². The van der Waals surface area contributed by atoms with E-state index in [2.05, 4.69) is 15.8 Å². The fourth-order valence-corrected chi connectivity index (χ4v) is 2.77. The van der Waals surface area contributed by atoms with Gasteiger partial charge in [0.1, 0.15) is 5.76 Å². The summed E-state index contributed by atoms with van der Waals surface area (Å²) in [4.78, 5) is 37.7. The van der Waals surface area contributed by atoms with Crippen LogP contribution >= 0.6 is 0 Å². The number of nitrogens with zero attached hydrogens (tertiary/aromatic N) is 2. The zero-order valence-electron chi connectivity index (χ0n) is 16.4. The molecule has 3 amide bonds.